The van der Waals surface area contributed by atoms with E-state index in [4.69, 9.17) is 9.47 Å². The van der Waals surface area contributed by atoms with Crippen molar-refractivity contribution in [3.8, 4) is 0 Å². The lowest BCUT2D eigenvalue weighted by Gasteiger charge is -2.18. The van der Waals surface area contributed by atoms with Gasteiger partial charge in [-0.3, -0.25) is 14.9 Å². The Bertz CT molecular complexity index is 1040. The molecule has 1 unspecified atom stereocenters. The number of carbonyl (C=O) groups is 2. The van der Waals surface area contributed by atoms with Gasteiger partial charge in [0, 0.05) is 48.1 Å². The van der Waals surface area contributed by atoms with Gasteiger partial charge in [-0.2, -0.15) is 0 Å². The van der Waals surface area contributed by atoms with E-state index in [1.807, 2.05) is 90.1 Å². The van der Waals surface area contributed by atoms with Gasteiger partial charge in [0.05, 0.1) is 4.92 Å². The summed E-state index contributed by atoms with van der Waals surface area (Å²) in [5, 5.41) is 13.0. The summed E-state index contributed by atoms with van der Waals surface area (Å²) in [7, 11) is 1.66. The van der Waals surface area contributed by atoms with Crippen molar-refractivity contribution < 1.29 is 24.0 Å². The van der Waals surface area contributed by atoms with Gasteiger partial charge in [0.2, 0.25) is 0 Å². The molecular formula is C32H46N2O6S. The molecule has 0 spiro atoms. The van der Waals surface area contributed by atoms with Crippen molar-refractivity contribution in [3.63, 3.8) is 0 Å². The fourth-order valence-corrected chi connectivity index (χ4v) is 3.77. The van der Waals surface area contributed by atoms with Crippen LogP contribution in [0, 0.1) is 10.1 Å². The lowest BCUT2D eigenvalue weighted by molar-refractivity contribution is -0.384. The highest BCUT2D eigenvalue weighted by Crippen LogP contribution is 2.19. The van der Waals surface area contributed by atoms with E-state index >= 15 is 0 Å². The Morgan fingerprint density at radius 3 is 1.93 bits per heavy atom. The molecule has 226 valence electrons. The standard InChI is InChI=1S/C19H23NO3S.C7H5NO3.3C2H6/c1-22-13-12-17(15-24-18-10-6-3-7-11-18)20-19(21)23-14-16-8-4-2-5-9-16;9-5-6-1-3-7(4-2-6)8(10)11;3*1-2/h2-11,17H,12-15H2,1H3,(H,20,21);1-5H;3*1-2H3. The zero-order valence-corrected chi connectivity index (χ0v) is 26.2. The SMILES string of the molecule is CC.CC.CC.COCCC(CSc1ccccc1)NC(=O)OCc1ccccc1.O=Cc1ccc([N+](=O)[O-])cc1. The highest BCUT2D eigenvalue weighted by Gasteiger charge is 2.14. The van der Waals surface area contributed by atoms with Gasteiger partial charge in [-0.15, -0.1) is 11.8 Å². The van der Waals surface area contributed by atoms with Gasteiger partial charge in [0.1, 0.15) is 12.9 Å². The maximum atomic E-state index is 12.0. The number of nitro groups is 1. The molecule has 0 aliphatic rings. The Kier molecular flexibility index (Phi) is 26.8. The van der Waals surface area contributed by atoms with Crippen molar-refractivity contribution in [2.24, 2.45) is 0 Å². The fraction of sp³-hybridized carbons (Fsp3) is 0.375. The second-order valence-electron chi connectivity index (χ2n) is 7.28. The van der Waals surface area contributed by atoms with Gasteiger partial charge in [-0.25, -0.2) is 4.79 Å². The number of nitro benzene ring substituents is 1. The van der Waals surface area contributed by atoms with Gasteiger partial charge >= 0.3 is 6.09 Å². The highest BCUT2D eigenvalue weighted by atomic mass is 32.2. The third kappa shape index (κ3) is 19.9. The summed E-state index contributed by atoms with van der Waals surface area (Å²) >= 11 is 1.71. The number of aldehydes is 1. The molecule has 8 nitrogen and oxygen atoms in total. The topological polar surface area (TPSA) is 108 Å². The van der Waals surface area contributed by atoms with Crippen LogP contribution in [0.4, 0.5) is 10.5 Å². The Morgan fingerprint density at radius 2 is 1.44 bits per heavy atom. The molecule has 1 amide bonds. The number of rotatable bonds is 11. The number of ether oxygens (including phenoxy) is 2. The molecule has 9 heteroatoms. The van der Waals surface area contributed by atoms with E-state index in [-0.39, 0.29) is 18.3 Å². The first-order valence-electron chi connectivity index (χ1n) is 13.9. The summed E-state index contributed by atoms with van der Waals surface area (Å²) < 4.78 is 10.4. The minimum Gasteiger partial charge on any atom is -0.445 e. The quantitative estimate of drug-likeness (QED) is 0.104. The zero-order chi connectivity index (χ0) is 31.3. The van der Waals surface area contributed by atoms with Crippen LogP contribution in [0.5, 0.6) is 0 Å². The molecule has 0 bridgehead atoms. The molecule has 1 N–H and O–H groups in total. The molecule has 3 aromatic rings. The molecule has 0 aliphatic carbocycles. The summed E-state index contributed by atoms with van der Waals surface area (Å²) in [5.41, 5.74) is 1.41. The summed E-state index contributed by atoms with van der Waals surface area (Å²) in [6, 6.07) is 25.2. The van der Waals surface area contributed by atoms with Crippen LogP contribution >= 0.6 is 11.8 Å². The number of non-ortho nitro benzene ring substituents is 1. The lowest BCUT2D eigenvalue weighted by Crippen LogP contribution is -2.37. The maximum absolute atomic E-state index is 12.0. The van der Waals surface area contributed by atoms with Crippen LogP contribution in [0.25, 0.3) is 0 Å². The predicted octanol–water partition coefficient (Wildman–Crippen LogP) is 8.60. The molecule has 3 rings (SSSR count). The first-order valence-corrected chi connectivity index (χ1v) is 14.8. The average molecular weight is 587 g/mol. The third-order valence-corrected chi connectivity index (χ3v) is 5.81. The van der Waals surface area contributed by atoms with Crippen molar-refractivity contribution in [1.82, 2.24) is 5.32 Å². The molecule has 41 heavy (non-hydrogen) atoms. The Morgan fingerprint density at radius 1 is 0.902 bits per heavy atom. The summed E-state index contributed by atoms with van der Waals surface area (Å²) in [4.78, 5) is 32.9. The van der Waals surface area contributed by atoms with Crippen LogP contribution in [0.15, 0.2) is 89.8 Å². The van der Waals surface area contributed by atoms with Gasteiger partial charge in [-0.1, -0.05) is 90.1 Å². The van der Waals surface area contributed by atoms with Crippen LogP contribution in [0.1, 0.15) is 63.9 Å². The summed E-state index contributed by atoms with van der Waals surface area (Å²) in [6.07, 6.45) is 0.995. The van der Waals surface area contributed by atoms with Crippen molar-refractivity contribution in [3.05, 3.63) is 106 Å². The van der Waals surface area contributed by atoms with Gasteiger partial charge < -0.3 is 14.8 Å². The average Bonchev–Trinajstić information content (AvgIpc) is 3.05. The third-order valence-electron chi connectivity index (χ3n) is 4.64. The fourth-order valence-electron chi connectivity index (χ4n) is 2.78. The monoisotopic (exact) mass is 586 g/mol. The molecule has 0 saturated heterocycles. The van der Waals surface area contributed by atoms with Crippen LogP contribution < -0.4 is 5.32 Å². The molecule has 0 aromatic heterocycles. The van der Waals surface area contributed by atoms with E-state index in [1.165, 1.54) is 29.2 Å². The van der Waals surface area contributed by atoms with E-state index in [2.05, 4.69) is 17.4 Å². The van der Waals surface area contributed by atoms with Crippen LogP contribution in [-0.4, -0.2) is 42.8 Å². The lowest BCUT2D eigenvalue weighted by atomic mass is 10.2. The molecule has 0 fully saturated rings. The van der Waals surface area contributed by atoms with Crippen LogP contribution in [-0.2, 0) is 16.1 Å². The maximum Gasteiger partial charge on any atom is 0.407 e. The molecule has 3 aromatic carbocycles. The summed E-state index contributed by atoms with van der Waals surface area (Å²) in [5.74, 6) is 0.772. The molecule has 0 saturated carbocycles. The first kappa shape index (κ1) is 39.5. The Balaban J connectivity index is 0. The Labute approximate surface area is 250 Å². The van der Waals surface area contributed by atoms with E-state index in [1.54, 1.807) is 18.9 Å². The summed E-state index contributed by atoms with van der Waals surface area (Å²) in [6.45, 7) is 12.9. The van der Waals surface area contributed by atoms with E-state index in [0.717, 1.165) is 17.7 Å². The number of nitrogens with zero attached hydrogens (tertiary/aromatic N) is 1. The number of nitrogens with one attached hydrogen (secondary N) is 1. The minimum atomic E-state index is -0.505. The number of hydrogen-bond donors (Lipinski definition) is 1. The molecule has 0 radical (unpaired) electrons. The molecule has 1 atom stereocenters. The van der Waals surface area contributed by atoms with E-state index < -0.39 is 11.0 Å². The van der Waals surface area contributed by atoms with Gasteiger partial charge in [0.25, 0.3) is 5.69 Å². The molecular weight excluding hydrogens is 540 g/mol. The number of thioether (sulfide) groups is 1. The van der Waals surface area contributed by atoms with Crippen molar-refractivity contribution in [2.75, 3.05) is 19.5 Å². The van der Waals surface area contributed by atoms with Crippen LogP contribution in [0.2, 0.25) is 0 Å². The van der Waals surface area contributed by atoms with Crippen LogP contribution in [0.3, 0.4) is 0 Å². The first-order chi connectivity index (χ1) is 20.0. The largest absolute Gasteiger partial charge is 0.445 e. The molecule has 0 aliphatic heterocycles. The molecule has 0 heterocycles. The predicted molar refractivity (Wildman–Crippen MR) is 170 cm³/mol. The van der Waals surface area contributed by atoms with Crippen molar-refractivity contribution in [1.29, 1.82) is 0 Å². The number of methoxy groups -OCH3 is 1. The number of hydrogen-bond acceptors (Lipinski definition) is 7. The number of benzene rings is 3. The van der Waals surface area contributed by atoms with Crippen molar-refractivity contribution >= 4 is 29.8 Å². The number of amides is 1. The highest BCUT2D eigenvalue weighted by molar-refractivity contribution is 7.99. The van der Waals surface area contributed by atoms with Gasteiger partial charge in [0.15, 0.2) is 0 Å². The second kappa shape index (κ2) is 27.9. The minimum absolute atomic E-state index is 0.00145. The zero-order valence-electron chi connectivity index (χ0n) is 25.4. The Hall–Kier alpha value is -3.69. The number of carbonyl (C=O) groups excluding carboxylic acids is 2. The second-order valence-corrected chi connectivity index (χ2v) is 8.37. The smallest absolute Gasteiger partial charge is 0.407 e. The van der Waals surface area contributed by atoms with Crippen molar-refractivity contribution in [2.45, 2.75) is 65.5 Å². The number of alkyl carbamates (subject to hydrolysis) is 1. The van der Waals surface area contributed by atoms with E-state index in [9.17, 15) is 19.7 Å². The van der Waals surface area contributed by atoms with Gasteiger partial charge in [-0.05, 0) is 36.2 Å². The van der Waals surface area contributed by atoms with E-state index in [0.29, 0.717) is 18.5 Å². The normalized spacial score (nSPS) is 9.73.